The van der Waals surface area contributed by atoms with E-state index in [1.165, 1.54) is 4.52 Å². The lowest BCUT2D eigenvalue weighted by atomic mass is 9.94. The maximum Gasteiger partial charge on any atom is 0.277 e. The second-order valence-electron chi connectivity index (χ2n) is 9.50. The lowest BCUT2D eigenvalue weighted by molar-refractivity contribution is -0.132. The van der Waals surface area contributed by atoms with E-state index in [9.17, 15) is 14.4 Å². The zero-order valence-electron chi connectivity index (χ0n) is 19.8. The predicted molar refractivity (Wildman–Crippen MR) is 140 cm³/mol. The molecule has 8 nitrogen and oxygen atoms in total. The molecule has 6 rings (SSSR count). The van der Waals surface area contributed by atoms with Gasteiger partial charge in [-0.15, -0.1) is 22.7 Å². The van der Waals surface area contributed by atoms with Crippen molar-refractivity contribution in [2.24, 2.45) is 0 Å². The number of aromatic nitrogens is 3. The number of hydrogen-bond donors (Lipinski definition) is 1. The number of nitrogens with one attached hydrogen (secondary N) is 1. The van der Waals surface area contributed by atoms with Crippen molar-refractivity contribution in [1.29, 1.82) is 0 Å². The molecular weight excluding hydrogens is 494 g/mol. The van der Waals surface area contributed by atoms with Gasteiger partial charge in [0, 0.05) is 53.5 Å². The lowest BCUT2D eigenvalue weighted by Crippen LogP contribution is -2.41. The van der Waals surface area contributed by atoms with Crippen molar-refractivity contribution in [1.82, 2.24) is 24.4 Å². The Kier molecular flexibility index (Phi) is 6.22. The summed E-state index contributed by atoms with van der Waals surface area (Å²) in [5, 5.41) is 7.24. The third kappa shape index (κ3) is 4.51. The minimum Gasteiger partial charge on any atom is -0.342 e. The van der Waals surface area contributed by atoms with E-state index >= 15 is 0 Å². The minimum atomic E-state index is -0.142. The van der Waals surface area contributed by atoms with Gasteiger partial charge in [-0.05, 0) is 35.7 Å². The van der Waals surface area contributed by atoms with Gasteiger partial charge >= 0.3 is 0 Å². The summed E-state index contributed by atoms with van der Waals surface area (Å²) in [6, 6.07) is 9.83. The molecule has 2 aliphatic rings. The number of rotatable bonds is 5. The van der Waals surface area contributed by atoms with Crippen LogP contribution in [0.15, 0.2) is 45.9 Å². The number of carbonyl (C=O) groups excluding carboxylic acids is 2. The summed E-state index contributed by atoms with van der Waals surface area (Å²) in [5.41, 5.74) is 2.76. The molecule has 0 saturated carbocycles. The second-order valence-corrected chi connectivity index (χ2v) is 11.6. The van der Waals surface area contributed by atoms with Crippen LogP contribution >= 0.6 is 22.7 Å². The number of piperidine rings is 1. The van der Waals surface area contributed by atoms with Crippen molar-refractivity contribution < 1.29 is 9.59 Å². The van der Waals surface area contributed by atoms with Gasteiger partial charge in [0.2, 0.25) is 11.8 Å². The van der Waals surface area contributed by atoms with Crippen LogP contribution in [0.1, 0.15) is 45.5 Å². The molecule has 1 atom stereocenters. The summed E-state index contributed by atoms with van der Waals surface area (Å²) in [6.07, 6.45) is 3.25. The molecule has 1 N–H and O–H groups in total. The van der Waals surface area contributed by atoms with Crippen LogP contribution in [0.2, 0.25) is 0 Å². The molecule has 1 saturated heterocycles. The molecule has 2 amide bonds. The molecule has 6 heterocycles. The van der Waals surface area contributed by atoms with Gasteiger partial charge in [0.15, 0.2) is 5.65 Å². The normalized spacial score (nSPS) is 17.9. The van der Waals surface area contributed by atoms with Crippen LogP contribution < -0.4 is 5.56 Å². The van der Waals surface area contributed by atoms with Crippen LogP contribution in [-0.4, -0.2) is 55.8 Å². The van der Waals surface area contributed by atoms with Crippen molar-refractivity contribution >= 4 is 40.1 Å². The number of aromatic amines is 1. The summed E-state index contributed by atoms with van der Waals surface area (Å²) in [4.78, 5) is 49.7. The highest BCUT2D eigenvalue weighted by atomic mass is 32.1. The molecule has 0 aromatic carbocycles. The molecule has 1 fully saturated rings. The molecular formula is C26H27N5O3S2. The molecule has 0 bridgehead atoms. The Labute approximate surface area is 216 Å². The lowest BCUT2D eigenvalue weighted by Gasteiger charge is -2.32. The highest BCUT2D eigenvalue weighted by Crippen LogP contribution is 2.28. The topological polar surface area (TPSA) is 90.8 Å². The van der Waals surface area contributed by atoms with E-state index in [-0.39, 0.29) is 29.8 Å². The molecule has 4 aromatic rings. The Morgan fingerprint density at radius 1 is 1.03 bits per heavy atom. The van der Waals surface area contributed by atoms with Crippen LogP contribution in [0, 0.1) is 0 Å². The van der Waals surface area contributed by atoms with Crippen molar-refractivity contribution in [2.45, 2.75) is 44.6 Å². The average Bonchev–Trinajstić information content (AvgIpc) is 3.67. The number of carbonyl (C=O) groups is 2. The molecule has 2 aliphatic heterocycles. The first-order valence-electron chi connectivity index (χ1n) is 12.3. The van der Waals surface area contributed by atoms with E-state index in [4.69, 9.17) is 4.98 Å². The van der Waals surface area contributed by atoms with Gasteiger partial charge in [-0.2, -0.15) is 0 Å². The first-order valence-corrected chi connectivity index (χ1v) is 14.0. The number of hydrogen-bond acceptors (Lipinski definition) is 6. The molecule has 0 spiro atoms. The standard InChI is InChI=1S/C26H27N5O3S2/c32-24(12-18-5-2-10-35-18)29-8-1-4-17(15-29)22-14-23-27-21-7-9-30(16-20(21)26(34)31(23)28-22)25(33)13-19-6-3-11-36-19/h2-3,5-6,10-11,14,17,28H,1,4,7-9,12-13,15-16H2/t17-/m0/s1. The molecule has 36 heavy (non-hydrogen) atoms. The van der Waals surface area contributed by atoms with Crippen molar-refractivity contribution in [2.75, 3.05) is 19.6 Å². The summed E-state index contributed by atoms with van der Waals surface area (Å²) < 4.78 is 1.51. The highest BCUT2D eigenvalue weighted by Gasteiger charge is 2.29. The van der Waals surface area contributed by atoms with Gasteiger partial charge in [-0.3, -0.25) is 19.5 Å². The molecule has 10 heteroatoms. The van der Waals surface area contributed by atoms with Crippen LogP contribution in [0.3, 0.4) is 0 Å². The monoisotopic (exact) mass is 521 g/mol. The van der Waals surface area contributed by atoms with Crippen LogP contribution in [0.5, 0.6) is 0 Å². The van der Waals surface area contributed by atoms with E-state index in [1.807, 2.05) is 46.0 Å². The Hall–Kier alpha value is -3.24. The van der Waals surface area contributed by atoms with Gasteiger partial charge in [0.1, 0.15) is 0 Å². The van der Waals surface area contributed by atoms with Crippen LogP contribution in [0.4, 0.5) is 0 Å². The zero-order chi connectivity index (χ0) is 24.6. The number of likely N-dealkylation sites (tertiary alicyclic amines) is 1. The van der Waals surface area contributed by atoms with Gasteiger partial charge in [0.25, 0.3) is 5.56 Å². The maximum atomic E-state index is 13.4. The third-order valence-corrected chi connectivity index (χ3v) is 8.91. The number of nitrogens with zero attached hydrogens (tertiary/aromatic N) is 4. The number of H-pyrrole nitrogens is 1. The number of amides is 2. The molecule has 0 radical (unpaired) electrons. The number of fused-ring (bicyclic) bond motifs is 2. The summed E-state index contributed by atoms with van der Waals surface area (Å²) in [7, 11) is 0. The van der Waals surface area contributed by atoms with Gasteiger partial charge < -0.3 is 9.80 Å². The van der Waals surface area contributed by atoms with Gasteiger partial charge in [-0.1, -0.05) is 12.1 Å². The fraction of sp³-hybridized carbons (Fsp3) is 0.385. The molecule has 4 aromatic heterocycles. The zero-order valence-corrected chi connectivity index (χ0v) is 21.4. The highest BCUT2D eigenvalue weighted by molar-refractivity contribution is 7.10. The quantitative estimate of drug-likeness (QED) is 0.437. The van der Waals surface area contributed by atoms with Crippen molar-refractivity contribution in [3.8, 4) is 0 Å². The second kappa shape index (κ2) is 9.67. The first-order chi connectivity index (χ1) is 17.5. The van der Waals surface area contributed by atoms with E-state index in [2.05, 4.69) is 5.10 Å². The van der Waals surface area contributed by atoms with Crippen molar-refractivity contribution in [3.63, 3.8) is 0 Å². The average molecular weight is 522 g/mol. The van der Waals surface area contributed by atoms with Crippen LogP contribution in [-0.2, 0) is 35.4 Å². The molecule has 0 aliphatic carbocycles. The number of thiophene rings is 2. The fourth-order valence-electron chi connectivity index (χ4n) is 5.23. The van der Waals surface area contributed by atoms with E-state index in [0.717, 1.165) is 40.5 Å². The van der Waals surface area contributed by atoms with E-state index in [1.54, 1.807) is 27.6 Å². The Morgan fingerprint density at radius 2 is 1.75 bits per heavy atom. The third-order valence-electron chi connectivity index (χ3n) is 7.16. The summed E-state index contributed by atoms with van der Waals surface area (Å²) in [5.74, 6) is 0.318. The van der Waals surface area contributed by atoms with Crippen molar-refractivity contribution in [3.05, 3.63) is 78.2 Å². The van der Waals surface area contributed by atoms with E-state index in [0.29, 0.717) is 43.6 Å². The van der Waals surface area contributed by atoms with Gasteiger partial charge in [-0.25, -0.2) is 9.50 Å². The Morgan fingerprint density at radius 3 is 2.44 bits per heavy atom. The first kappa shape index (κ1) is 23.2. The smallest absolute Gasteiger partial charge is 0.277 e. The molecule has 186 valence electrons. The molecule has 0 unspecified atom stereocenters. The SMILES string of the molecule is O=C(Cc1cccs1)N1CCc2nc3cc([C@H]4CCCN(C(=O)Cc5cccs5)C4)[nH]n3c(=O)c2C1. The van der Waals surface area contributed by atoms with Gasteiger partial charge in [0.05, 0.1) is 30.6 Å². The Balaban J connectivity index is 1.20. The summed E-state index contributed by atoms with van der Waals surface area (Å²) >= 11 is 3.18. The maximum absolute atomic E-state index is 13.4. The Bertz CT molecular complexity index is 1450. The predicted octanol–water partition coefficient (Wildman–Crippen LogP) is 3.22. The minimum absolute atomic E-state index is 0.0364. The largest absolute Gasteiger partial charge is 0.342 e. The fourth-order valence-corrected chi connectivity index (χ4v) is 6.62. The van der Waals surface area contributed by atoms with Crippen LogP contribution in [0.25, 0.3) is 5.65 Å². The van der Waals surface area contributed by atoms with E-state index < -0.39 is 0 Å². The summed E-state index contributed by atoms with van der Waals surface area (Å²) in [6.45, 7) is 2.26.